The summed E-state index contributed by atoms with van der Waals surface area (Å²) in [5, 5.41) is 19.8. The van der Waals surface area contributed by atoms with Gasteiger partial charge in [-0.3, -0.25) is 4.79 Å². The van der Waals surface area contributed by atoms with Crippen molar-refractivity contribution in [2.75, 3.05) is 13.2 Å². The number of hydrogen-bond donors (Lipinski definition) is 3. The van der Waals surface area contributed by atoms with Gasteiger partial charge in [0.1, 0.15) is 18.1 Å². The van der Waals surface area contributed by atoms with E-state index in [-0.39, 0.29) is 16.8 Å². The van der Waals surface area contributed by atoms with Gasteiger partial charge in [-0.25, -0.2) is 5.43 Å². The summed E-state index contributed by atoms with van der Waals surface area (Å²) in [6, 6.07) is 23.8. The molecule has 0 aromatic heterocycles. The van der Waals surface area contributed by atoms with Crippen molar-refractivity contribution in [2.24, 2.45) is 5.10 Å². The van der Waals surface area contributed by atoms with Gasteiger partial charge in [0, 0.05) is 34.1 Å². The van der Waals surface area contributed by atoms with Crippen LogP contribution < -0.4 is 15.5 Å². The number of hydrogen-bond acceptors (Lipinski definition) is 5. The number of carbonyl (C=O) groups excluding carboxylic acids is 1. The van der Waals surface area contributed by atoms with Gasteiger partial charge < -0.3 is 15.2 Å². The zero-order chi connectivity index (χ0) is 25.5. The highest BCUT2D eigenvalue weighted by Gasteiger charge is 2.09. The maximum atomic E-state index is 12.3. The second kappa shape index (κ2) is 11.9. The first-order valence-electron chi connectivity index (χ1n) is 11.4. The standard InChI is InChI=1S/C28H25Cl2N3O3/c1-18(19-6-10-22(29)11-7-19)31-14-15-36-27-13-9-21(23-4-2-3-5-24(23)27)17-32-33-28(35)20-8-12-26(34)25(30)16-20/h2-13,16-18,31,34H,14-15H2,1H3,(H,33,35)/b32-17+. The number of fused-ring (bicyclic) bond motifs is 1. The predicted molar refractivity (Wildman–Crippen MR) is 145 cm³/mol. The van der Waals surface area contributed by atoms with Crippen molar-refractivity contribution in [3.8, 4) is 11.5 Å². The predicted octanol–water partition coefficient (Wildman–Crippen LogP) is 6.35. The molecule has 4 aromatic carbocycles. The lowest BCUT2D eigenvalue weighted by atomic mass is 10.0. The fraction of sp³-hybridized carbons (Fsp3) is 0.143. The molecule has 0 radical (unpaired) electrons. The van der Waals surface area contributed by atoms with E-state index in [0.29, 0.717) is 18.7 Å². The third-order valence-corrected chi connectivity index (χ3v) is 6.23. The normalized spacial score (nSPS) is 12.1. The van der Waals surface area contributed by atoms with Crippen LogP contribution in [-0.2, 0) is 0 Å². The van der Waals surface area contributed by atoms with Crippen LogP contribution in [-0.4, -0.2) is 30.4 Å². The molecule has 4 rings (SSSR count). The fourth-order valence-corrected chi connectivity index (χ4v) is 4.02. The molecule has 8 heteroatoms. The van der Waals surface area contributed by atoms with E-state index in [1.54, 1.807) is 6.21 Å². The highest BCUT2D eigenvalue weighted by atomic mass is 35.5. The molecule has 0 fully saturated rings. The van der Waals surface area contributed by atoms with Crippen molar-refractivity contribution in [2.45, 2.75) is 13.0 Å². The number of ether oxygens (including phenoxy) is 1. The summed E-state index contributed by atoms with van der Waals surface area (Å²) in [4.78, 5) is 12.3. The molecule has 0 heterocycles. The Morgan fingerprint density at radius 1 is 1.03 bits per heavy atom. The van der Waals surface area contributed by atoms with E-state index in [9.17, 15) is 9.90 Å². The molecule has 1 amide bonds. The Morgan fingerprint density at radius 2 is 1.78 bits per heavy atom. The van der Waals surface area contributed by atoms with Gasteiger partial charge >= 0.3 is 0 Å². The van der Waals surface area contributed by atoms with Crippen LogP contribution in [0.5, 0.6) is 11.5 Å². The maximum Gasteiger partial charge on any atom is 0.271 e. The summed E-state index contributed by atoms with van der Waals surface area (Å²) >= 11 is 11.8. The van der Waals surface area contributed by atoms with Crippen molar-refractivity contribution in [3.63, 3.8) is 0 Å². The van der Waals surface area contributed by atoms with E-state index in [1.807, 2.05) is 60.7 Å². The molecule has 0 bridgehead atoms. The van der Waals surface area contributed by atoms with Gasteiger partial charge in [0.15, 0.2) is 0 Å². The maximum absolute atomic E-state index is 12.3. The molecule has 0 aliphatic carbocycles. The van der Waals surface area contributed by atoms with Crippen LogP contribution in [0.4, 0.5) is 0 Å². The molecule has 0 spiro atoms. The summed E-state index contributed by atoms with van der Waals surface area (Å²) in [6.07, 6.45) is 1.58. The van der Waals surface area contributed by atoms with E-state index in [1.165, 1.54) is 18.2 Å². The lowest BCUT2D eigenvalue weighted by Gasteiger charge is -2.16. The Morgan fingerprint density at radius 3 is 2.53 bits per heavy atom. The summed E-state index contributed by atoms with van der Waals surface area (Å²) < 4.78 is 6.07. The Hall–Kier alpha value is -3.58. The van der Waals surface area contributed by atoms with Gasteiger partial charge in [-0.1, -0.05) is 59.6 Å². The molecule has 0 saturated carbocycles. The topological polar surface area (TPSA) is 83.0 Å². The SMILES string of the molecule is CC(NCCOc1ccc(/C=N/NC(=O)c2ccc(O)c(Cl)c2)c2ccccc12)c1ccc(Cl)cc1. The summed E-state index contributed by atoms with van der Waals surface area (Å²) in [7, 11) is 0. The monoisotopic (exact) mass is 521 g/mol. The van der Waals surface area contributed by atoms with Crippen LogP contribution in [0.1, 0.15) is 34.5 Å². The quantitative estimate of drug-likeness (QED) is 0.136. The number of halogens is 2. The third kappa shape index (κ3) is 6.34. The number of rotatable bonds is 9. The van der Waals surface area contributed by atoms with Gasteiger partial charge in [0.25, 0.3) is 5.91 Å². The molecule has 36 heavy (non-hydrogen) atoms. The summed E-state index contributed by atoms with van der Waals surface area (Å²) in [6.45, 7) is 3.27. The van der Waals surface area contributed by atoms with Gasteiger partial charge in [-0.15, -0.1) is 0 Å². The molecule has 0 saturated heterocycles. The van der Waals surface area contributed by atoms with Crippen LogP contribution in [0.2, 0.25) is 10.0 Å². The van der Waals surface area contributed by atoms with Crippen LogP contribution in [0, 0.1) is 0 Å². The number of aromatic hydroxyl groups is 1. The van der Waals surface area contributed by atoms with E-state index < -0.39 is 5.91 Å². The summed E-state index contributed by atoms with van der Waals surface area (Å²) in [5.41, 5.74) is 4.77. The molecular weight excluding hydrogens is 497 g/mol. The number of amides is 1. The number of carbonyl (C=O) groups is 1. The van der Waals surface area contributed by atoms with Gasteiger partial charge in [-0.2, -0.15) is 5.10 Å². The van der Waals surface area contributed by atoms with Crippen LogP contribution in [0.3, 0.4) is 0 Å². The first-order valence-corrected chi connectivity index (χ1v) is 12.1. The molecular formula is C28H25Cl2N3O3. The highest BCUT2D eigenvalue weighted by molar-refractivity contribution is 6.32. The number of phenolic OH excluding ortho intramolecular Hbond substituents is 1. The Labute approximate surface area is 219 Å². The summed E-state index contributed by atoms with van der Waals surface area (Å²) in [5.74, 6) is 0.251. The van der Waals surface area contributed by atoms with Crippen molar-refractivity contribution >= 4 is 46.1 Å². The average molecular weight is 522 g/mol. The minimum absolute atomic E-state index is 0.0858. The van der Waals surface area contributed by atoms with Crippen LogP contribution in [0.15, 0.2) is 84.0 Å². The second-order valence-electron chi connectivity index (χ2n) is 8.14. The fourth-order valence-electron chi connectivity index (χ4n) is 3.71. The molecule has 4 aromatic rings. The largest absolute Gasteiger partial charge is 0.506 e. The van der Waals surface area contributed by atoms with Crippen molar-refractivity contribution in [1.29, 1.82) is 0 Å². The smallest absolute Gasteiger partial charge is 0.271 e. The number of benzene rings is 4. The molecule has 3 N–H and O–H groups in total. The first-order chi connectivity index (χ1) is 17.4. The molecule has 6 nitrogen and oxygen atoms in total. The lowest BCUT2D eigenvalue weighted by Crippen LogP contribution is -2.24. The van der Waals surface area contributed by atoms with Crippen LogP contribution >= 0.6 is 23.2 Å². The van der Waals surface area contributed by atoms with E-state index in [2.05, 4.69) is 22.8 Å². The first kappa shape index (κ1) is 25.5. The van der Waals surface area contributed by atoms with Crippen molar-refractivity contribution in [1.82, 2.24) is 10.7 Å². The zero-order valence-corrected chi connectivity index (χ0v) is 21.1. The molecule has 0 aliphatic heterocycles. The zero-order valence-electron chi connectivity index (χ0n) is 19.5. The molecule has 1 unspecified atom stereocenters. The Balaban J connectivity index is 1.38. The minimum atomic E-state index is -0.433. The molecule has 0 aliphatic rings. The van der Waals surface area contributed by atoms with E-state index in [4.69, 9.17) is 27.9 Å². The van der Waals surface area contributed by atoms with E-state index in [0.717, 1.165) is 32.7 Å². The Bertz CT molecular complexity index is 1390. The lowest BCUT2D eigenvalue weighted by molar-refractivity contribution is 0.0955. The van der Waals surface area contributed by atoms with E-state index >= 15 is 0 Å². The number of nitrogens with one attached hydrogen (secondary N) is 2. The number of nitrogens with zero attached hydrogens (tertiary/aromatic N) is 1. The van der Waals surface area contributed by atoms with Crippen molar-refractivity contribution in [3.05, 3.63) is 106 Å². The minimum Gasteiger partial charge on any atom is -0.506 e. The number of hydrazone groups is 1. The number of phenols is 1. The Kier molecular flexibility index (Phi) is 8.44. The molecule has 184 valence electrons. The highest BCUT2D eigenvalue weighted by Crippen LogP contribution is 2.28. The van der Waals surface area contributed by atoms with Crippen molar-refractivity contribution < 1.29 is 14.6 Å². The second-order valence-corrected chi connectivity index (χ2v) is 8.98. The van der Waals surface area contributed by atoms with Gasteiger partial charge in [0.05, 0.1) is 11.2 Å². The van der Waals surface area contributed by atoms with Gasteiger partial charge in [0.2, 0.25) is 0 Å². The van der Waals surface area contributed by atoms with Crippen LogP contribution in [0.25, 0.3) is 10.8 Å². The third-order valence-electron chi connectivity index (χ3n) is 5.68. The average Bonchev–Trinajstić information content (AvgIpc) is 2.89. The van der Waals surface area contributed by atoms with Gasteiger partial charge in [-0.05, 0) is 60.3 Å². The molecule has 1 atom stereocenters.